The molecule has 7 N–H and O–H groups in total. The molecule has 0 spiro atoms. The van der Waals surface area contributed by atoms with Gasteiger partial charge in [0.05, 0.1) is 9.90 Å². The molecular formula is C49H56ClN9O9S5. The Morgan fingerprint density at radius 1 is 0.849 bits per heavy atom. The topological polar surface area (TPSA) is 249 Å². The summed E-state index contributed by atoms with van der Waals surface area (Å²) in [6.07, 6.45) is -1.10. The molecule has 2 aliphatic heterocycles. The highest BCUT2D eigenvalue weighted by Gasteiger charge is 2.58. The molecule has 18 nitrogen and oxygen atoms in total. The number of oxime groups is 1. The number of nitrogen functional groups attached to an aromatic ring is 1. The number of hydrogen-bond acceptors (Lipinski definition) is 18. The molecule has 1 unspecified atom stereocenters. The first-order chi connectivity index (χ1) is 34.7. The lowest BCUT2D eigenvalue weighted by atomic mass is 9.80. The molecule has 73 heavy (non-hydrogen) atoms. The number of carbonyl (C=O) groups is 5. The van der Waals surface area contributed by atoms with E-state index >= 15 is 0 Å². The van der Waals surface area contributed by atoms with Crippen LogP contribution in [-0.2, 0) is 40.0 Å². The van der Waals surface area contributed by atoms with Crippen molar-refractivity contribution in [3.05, 3.63) is 123 Å². The standard InChI is InChI=1S/C49H56ClN9O9S5/c1-46(2,3)66-44(64)53-23-22-52-43-55-32(26-69-25-24-54-45(65)67-47(4,5)6)40(72-43)73-48(41(62)63)27-59-38(61)35(39(59)70-28-48)56-37(60)34(33-36(50)71-42(51)57-33)58-68-49(29-16-10-7-11-17-29,30-18-12-8-13-19-30)31-20-14-9-15-21-31/h7-21,35,39H,22-28H2,1-6H3,(H2,51,57)(H,52,55)(H,53,64)(H,54,65)(H,56,60)(H,62,63)/t35-,39-,48?/m1/s1. The number of β-lactam (4-membered cyclic amide) rings is 1. The predicted octanol–water partition coefficient (Wildman–Crippen LogP) is 8.26. The Morgan fingerprint density at radius 2 is 1.41 bits per heavy atom. The van der Waals surface area contributed by atoms with E-state index in [0.717, 1.165) is 23.1 Å². The van der Waals surface area contributed by atoms with Gasteiger partial charge in [0, 0.05) is 60.1 Å². The van der Waals surface area contributed by atoms with Gasteiger partial charge in [0.25, 0.3) is 5.91 Å². The zero-order valence-electron chi connectivity index (χ0n) is 40.8. The number of rotatable bonds is 20. The van der Waals surface area contributed by atoms with Gasteiger partial charge in [-0.1, -0.05) is 142 Å². The SMILES string of the molecule is CC(C)(C)OC(=O)NCCNc1nc(CSCCNC(=O)OC(C)(C)C)c(SC2(C(=O)O)CS[C@@H]3[C@H](NC(=O)C(=NOC(c4ccccc4)(c4ccccc4)c4ccccc4)c4nc(N)sc4Cl)C(=O)N3C2)s1. The van der Waals surface area contributed by atoms with Gasteiger partial charge in [0.15, 0.2) is 16.0 Å². The lowest BCUT2D eigenvalue weighted by Gasteiger charge is -2.53. The Labute approximate surface area is 448 Å². The first-order valence-corrected chi connectivity index (χ1v) is 28.0. The summed E-state index contributed by atoms with van der Waals surface area (Å²) < 4.78 is 9.85. The van der Waals surface area contributed by atoms with Crippen LogP contribution in [0.25, 0.3) is 0 Å². The van der Waals surface area contributed by atoms with Crippen LogP contribution in [0.15, 0.2) is 100 Å². The quantitative estimate of drug-likeness (QED) is 0.0141. The molecule has 0 saturated carbocycles. The third-order valence-corrected chi connectivity index (χ3v) is 17.1. The lowest BCUT2D eigenvalue weighted by molar-refractivity contribution is -0.151. The molecule has 2 aromatic heterocycles. The second kappa shape index (κ2) is 23.7. The number of benzene rings is 3. The maximum absolute atomic E-state index is 14.6. The minimum absolute atomic E-state index is 0.0445. The maximum Gasteiger partial charge on any atom is 0.407 e. The number of carboxylic acid groups (broad SMARTS) is 1. The number of ether oxygens (including phenoxy) is 2. The van der Waals surface area contributed by atoms with Crippen LogP contribution in [0.5, 0.6) is 0 Å². The molecule has 0 radical (unpaired) electrons. The normalized spacial score (nSPS) is 17.9. The van der Waals surface area contributed by atoms with Crippen LogP contribution in [0.3, 0.4) is 0 Å². The Kier molecular flexibility index (Phi) is 17.8. The number of hydrogen-bond donors (Lipinski definition) is 6. The molecule has 2 aliphatic rings. The van der Waals surface area contributed by atoms with Crippen LogP contribution in [0.2, 0.25) is 4.34 Å². The number of aliphatic carboxylic acids is 1. The molecule has 0 aliphatic carbocycles. The van der Waals surface area contributed by atoms with Crippen molar-refractivity contribution < 1.29 is 43.4 Å². The summed E-state index contributed by atoms with van der Waals surface area (Å²) in [4.78, 5) is 83.8. The third kappa shape index (κ3) is 13.7. The van der Waals surface area contributed by atoms with E-state index in [9.17, 15) is 29.1 Å². The van der Waals surface area contributed by atoms with Gasteiger partial charge in [-0.3, -0.25) is 14.4 Å². The third-order valence-electron chi connectivity index (χ3n) is 10.8. The summed E-state index contributed by atoms with van der Waals surface area (Å²) in [6.45, 7) is 11.3. The molecule has 24 heteroatoms. The molecule has 7 rings (SSSR count). The summed E-state index contributed by atoms with van der Waals surface area (Å²) in [5.74, 6) is -1.49. The van der Waals surface area contributed by atoms with Crippen molar-refractivity contribution >= 4 is 116 Å². The lowest BCUT2D eigenvalue weighted by Crippen LogP contribution is -2.74. The van der Waals surface area contributed by atoms with Gasteiger partial charge < -0.3 is 51.3 Å². The molecule has 3 aromatic carbocycles. The van der Waals surface area contributed by atoms with Crippen LogP contribution in [0.1, 0.15) is 69.6 Å². The number of amides is 4. The first-order valence-electron chi connectivity index (χ1n) is 22.9. The number of thioether (sulfide) groups is 3. The Balaban J connectivity index is 1.09. The van der Waals surface area contributed by atoms with E-state index in [4.69, 9.17) is 36.6 Å². The highest BCUT2D eigenvalue weighted by atomic mass is 35.5. The second-order valence-corrected chi connectivity index (χ2v) is 25.1. The van der Waals surface area contributed by atoms with Crippen LogP contribution in [-0.4, -0.2) is 121 Å². The van der Waals surface area contributed by atoms with Gasteiger partial charge >= 0.3 is 18.2 Å². The number of nitrogens with two attached hydrogens (primary N) is 1. The van der Waals surface area contributed by atoms with Gasteiger partial charge in [0.1, 0.15) is 37.4 Å². The Hall–Kier alpha value is -5.72. The van der Waals surface area contributed by atoms with E-state index in [1.807, 2.05) is 91.0 Å². The molecule has 0 bridgehead atoms. The Bertz CT molecular complexity index is 2700. The van der Waals surface area contributed by atoms with E-state index in [1.165, 1.54) is 39.8 Å². The number of nitrogens with zero attached hydrogens (tertiary/aromatic N) is 4. The molecule has 5 aromatic rings. The molecule has 2 fully saturated rings. The van der Waals surface area contributed by atoms with Crippen LogP contribution in [0.4, 0.5) is 19.9 Å². The fourth-order valence-corrected chi connectivity index (χ4v) is 13.8. The zero-order valence-corrected chi connectivity index (χ0v) is 45.6. The number of anilines is 2. The van der Waals surface area contributed by atoms with E-state index in [1.54, 1.807) is 41.5 Å². The summed E-state index contributed by atoms with van der Waals surface area (Å²) in [5.41, 5.74) is 5.77. The van der Waals surface area contributed by atoms with Gasteiger partial charge in [-0.15, -0.1) is 11.8 Å². The van der Waals surface area contributed by atoms with E-state index in [2.05, 4.69) is 31.4 Å². The van der Waals surface area contributed by atoms with Gasteiger partial charge in [-0.25, -0.2) is 19.6 Å². The largest absolute Gasteiger partial charge is 0.480 e. The smallest absolute Gasteiger partial charge is 0.407 e. The molecule has 388 valence electrons. The zero-order chi connectivity index (χ0) is 52.6. The fourth-order valence-electron chi connectivity index (χ4n) is 7.56. The van der Waals surface area contributed by atoms with Crippen LogP contribution in [0, 0.1) is 0 Å². The van der Waals surface area contributed by atoms with Crippen molar-refractivity contribution in [3.63, 3.8) is 0 Å². The van der Waals surface area contributed by atoms with Gasteiger partial charge in [-0.2, -0.15) is 11.8 Å². The molecule has 4 amide bonds. The first kappa shape index (κ1) is 55.0. The number of carboxylic acids is 1. The molecule has 2 saturated heterocycles. The summed E-state index contributed by atoms with van der Waals surface area (Å²) in [7, 11) is 0. The van der Waals surface area contributed by atoms with Gasteiger partial charge in [0.2, 0.25) is 11.5 Å². The highest BCUT2D eigenvalue weighted by molar-refractivity contribution is 8.06. The number of alkyl carbamates (subject to hydrolysis) is 2. The Morgan fingerprint density at radius 3 is 1.93 bits per heavy atom. The minimum atomic E-state index is -1.51. The number of halogens is 1. The predicted molar refractivity (Wildman–Crippen MR) is 290 cm³/mol. The highest BCUT2D eigenvalue weighted by Crippen LogP contribution is 2.49. The number of carbonyl (C=O) groups excluding carboxylic acids is 4. The van der Waals surface area contributed by atoms with Crippen LogP contribution < -0.4 is 27.0 Å². The van der Waals surface area contributed by atoms with Crippen molar-refractivity contribution in [2.45, 2.75) is 84.5 Å². The van der Waals surface area contributed by atoms with Crippen molar-refractivity contribution in [2.24, 2.45) is 5.16 Å². The summed E-state index contributed by atoms with van der Waals surface area (Å²) in [5, 5.41) is 26.9. The molecular weight excluding hydrogens is 1050 g/mol. The molecule has 4 heterocycles. The van der Waals surface area contributed by atoms with Crippen molar-refractivity contribution in [1.82, 2.24) is 30.8 Å². The van der Waals surface area contributed by atoms with E-state index in [-0.39, 0.29) is 39.7 Å². The monoisotopic (exact) mass is 1110 g/mol. The fraction of sp³-hybridized carbons (Fsp3) is 0.388. The van der Waals surface area contributed by atoms with Crippen molar-refractivity contribution in [3.8, 4) is 0 Å². The maximum atomic E-state index is 14.6. The van der Waals surface area contributed by atoms with E-state index in [0.29, 0.717) is 56.3 Å². The number of nitrogens with one attached hydrogen (secondary N) is 4. The van der Waals surface area contributed by atoms with E-state index < -0.39 is 62.9 Å². The summed E-state index contributed by atoms with van der Waals surface area (Å²) in [6, 6.07) is 27.2. The number of fused-ring (bicyclic) bond motifs is 1. The number of aromatic nitrogens is 2. The second-order valence-electron chi connectivity index (χ2n) is 18.6. The van der Waals surface area contributed by atoms with Crippen molar-refractivity contribution in [1.29, 1.82) is 0 Å². The molecule has 3 atom stereocenters. The van der Waals surface area contributed by atoms with Crippen LogP contribution >= 0.6 is 69.6 Å². The average Bonchev–Trinajstić information content (AvgIpc) is 3.89. The number of thiazole rings is 2. The summed E-state index contributed by atoms with van der Waals surface area (Å²) >= 11 is 12.7. The minimum Gasteiger partial charge on any atom is -0.480 e. The average molecular weight is 1110 g/mol. The van der Waals surface area contributed by atoms with Crippen molar-refractivity contribution in [2.75, 3.05) is 48.7 Å². The van der Waals surface area contributed by atoms with Gasteiger partial charge in [-0.05, 0) is 41.5 Å².